The van der Waals surface area contributed by atoms with Gasteiger partial charge in [0.25, 0.3) is 5.91 Å². The molecule has 9 heteroatoms. The van der Waals surface area contributed by atoms with Crippen LogP contribution in [0.15, 0.2) is 47.5 Å². The molecule has 0 aromatic carbocycles. The fourth-order valence-corrected chi connectivity index (χ4v) is 2.53. The highest BCUT2D eigenvalue weighted by atomic mass is 16.5. The Kier molecular flexibility index (Phi) is 4.52. The van der Waals surface area contributed by atoms with Crippen molar-refractivity contribution in [3.05, 3.63) is 48.7 Å². The first-order valence-electron chi connectivity index (χ1n) is 8.13. The lowest BCUT2D eigenvalue weighted by atomic mass is 10.2. The van der Waals surface area contributed by atoms with E-state index in [1.54, 1.807) is 36.9 Å². The highest BCUT2D eigenvalue weighted by Gasteiger charge is 2.16. The van der Waals surface area contributed by atoms with Gasteiger partial charge in [-0.1, -0.05) is 5.16 Å². The molecule has 1 saturated heterocycles. The van der Waals surface area contributed by atoms with Crippen molar-refractivity contribution >= 4 is 17.5 Å². The van der Waals surface area contributed by atoms with Crippen LogP contribution < -0.4 is 10.2 Å². The number of carbonyl (C=O) groups is 1. The third-order valence-corrected chi connectivity index (χ3v) is 3.88. The maximum atomic E-state index is 12.3. The van der Waals surface area contributed by atoms with Crippen LogP contribution in [0.5, 0.6) is 0 Å². The number of pyridine rings is 1. The summed E-state index contributed by atoms with van der Waals surface area (Å²) in [6, 6.07) is 5.17. The Morgan fingerprint density at radius 3 is 2.69 bits per heavy atom. The second-order valence-electron chi connectivity index (χ2n) is 5.64. The molecule has 1 N–H and O–H groups in total. The lowest BCUT2D eigenvalue weighted by Crippen LogP contribution is -2.37. The summed E-state index contributed by atoms with van der Waals surface area (Å²) in [5, 5.41) is 6.51. The first-order chi connectivity index (χ1) is 12.8. The van der Waals surface area contributed by atoms with Crippen molar-refractivity contribution in [1.29, 1.82) is 0 Å². The second kappa shape index (κ2) is 7.28. The van der Waals surface area contributed by atoms with Gasteiger partial charge in [0.2, 0.25) is 5.95 Å². The summed E-state index contributed by atoms with van der Waals surface area (Å²) >= 11 is 0. The van der Waals surface area contributed by atoms with Crippen LogP contribution in [0.4, 0.5) is 11.6 Å². The molecule has 1 aliphatic heterocycles. The summed E-state index contributed by atoms with van der Waals surface area (Å²) in [5.74, 6) is 0.695. The van der Waals surface area contributed by atoms with Gasteiger partial charge in [-0.2, -0.15) is 0 Å². The molecular weight excluding hydrogens is 336 g/mol. The number of carbonyl (C=O) groups excluding carboxylic acids is 1. The molecule has 132 valence electrons. The van der Waals surface area contributed by atoms with E-state index < -0.39 is 5.91 Å². The third kappa shape index (κ3) is 3.52. The van der Waals surface area contributed by atoms with Crippen molar-refractivity contribution in [3.8, 4) is 11.3 Å². The first-order valence-corrected chi connectivity index (χ1v) is 8.13. The van der Waals surface area contributed by atoms with Crippen LogP contribution in [0.2, 0.25) is 0 Å². The van der Waals surface area contributed by atoms with Crippen LogP contribution in [0, 0.1) is 0 Å². The van der Waals surface area contributed by atoms with Gasteiger partial charge < -0.3 is 19.5 Å². The highest BCUT2D eigenvalue weighted by Crippen LogP contribution is 2.19. The SMILES string of the molecule is O=C(Nc1cnc(N2CCOCC2)nc1)c1cc(-c2cccnc2)on1. The Labute approximate surface area is 149 Å². The molecule has 1 aliphatic rings. The maximum absolute atomic E-state index is 12.3. The standard InChI is InChI=1S/C17H16N6O3/c24-16(14-8-15(26-22-14)12-2-1-3-18-9-12)21-13-10-19-17(20-11-13)23-4-6-25-7-5-23/h1-3,8-11H,4-7H2,(H,21,24). The van der Waals surface area contributed by atoms with E-state index in [0.717, 1.165) is 18.7 Å². The van der Waals surface area contributed by atoms with Gasteiger partial charge in [0.1, 0.15) is 0 Å². The average molecular weight is 352 g/mol. The molecular formula is C17H16N6O3. The summed E-state index contributed by atoms with van der Waals surface area (Å²) in [5.41, 5.74) is 1.40. The Morgan fingerprint density at radius 2 is 1.96 bits per heavy atom. The Morgan fingerprint density at radius 1 is 1.15 bits per heavy atom. The van der Waals surface area contributed by atoms with E-state index in [2.05, 4.69) is 25.4 Å². The van der Waals surface area contributed by atoms with Crippen LogP contribution >= 0.6 is 0 Å². The van der Waals surface area contributed by atoms with Crippen molar-refractivity contribution in [2.75, 3.05) is 36.5 Å². The van der Waals surface area contributed by atoms with Gasteiger partial charge in [0.05, 0.1) is 31.3 Å². The minimum Gasteiger partial charge on any atom is -0.378 e. The Hall–Kier alpha value is -3.33. The molecule has 3 aromatic heterocycles. The van der Waals surface area contributed by atoms with Gasteiger partial charge in [-0.15, -0.1) is 0 Å². The molecule has 0 atom stereocenters. The van der Waals surface area contributed by atoms with Crippen LogP contribution in [0.25, 0.3) is 11.3 Å². The number of nitrogens with one attached hydrogen (secondary N) is 1. The van der Waals surface area contributed by atoms with E-state index in [1.807, 2.05) is 11.0 Å². The molecule has 0 spiro atoms. The third-order valence-electron chi connectivity index (χ3n) is 3.88. The van der Waals surface area contributed by atoms with E-state index in [0.29, 0.717) is 30.6 Å². The van der Waals surface area contributed by atoms with Gasteiger partial charge in [0.15, 0.2) is 11.5 Å². The van der Waals surface area contributed by atoms with Gasteiger partial charge in [0, 0.05) is 37.1 Å². The molecule has 1 fully saturated rings. The minimum atomic E-state index is -0.397. The Balaban J connectivity index is 1.42. The summed E-state index contributed by atoms with van der Waals surface area (Å²) in [6.45, 7) is 2.82. The predicted octanol–water partition coefficient (Wildman–Crippen LogP) is 1.62. The molecule has 0 aliphatic carbocycles. The van der Waals surface area contributed by atoms with E-state index >= 15 is 0 Å². The van der Waals surface area contributed by atoms with Crippen LogP contribution in [-0.4, -0.2) is 52.3 Å². The van der Waals surface area contributed by atoms with Crippen LogP contribution in [0.1, 0.15) is 10.5 Å². The zero-order valence-corrected chi connectivity index (χ0v) is 13.8. The molecule has 1 amide bonds. The molecule has 4 rings (SSSR count). The van der Waals surface area contributed by atoms with E-state index in [4.69, 9.17) is 9.26 Å². The molecule has 0 saturated carbocycles. The number of rotatable bonds is 4. The zero-order chi connectivity index (χ0) is 17.8. The number of anilines is 2. The van der Waals surface area contributed by atoms with E-state index in [-0.39, 0.29) is 5.69 Å². The molecule has 26 heavy (non-hydrogen) atoms. The summed E-state index contributed by atoms with van der Waals surface area (Å²) in [7, 11) is 0. The van der Waals surface area contributed by atoms with Gasteiger partial charge in [-0.05, 0) is 12.1 Å². The smallest absolute Gasteiger partial charge is 0.277 e. The van der Waals surface area contributed by atoms with Crippen molar-refractivity contribution in [1.82, 2.24) is 20.1 Å². The maximum Gasteiger partial charge on any atom is 0.277 e. The summed E-state index contributed by atoms with van der Waals surface area (Å²) in [6.07, 6.45) is 6.43. The van der Waals surface area contributed by atoms with Gasteiger partial charge in [-0.25, -0.2) is 9.97 Å². The monoisotopic (exact) mass is 352 g/mol. The number of nitrogens with zero attached hydrogens (tertiary/aromatic N) is 5. The number of amides is 1. The predicted molar refractivity (Wildman–Crippen MR) is 92.8 cm³/mol. The number of hydrogen-bond donors (Lipinski definition) is 1. The second-order valence-corrected chi connectivity index (χ2v) is 5.64. The number of hydrogen-bond acceptors (Lipinski definition) is 8. The van der Waals surface area contributed by atoms with Crippen LogP contribution in [-0.2, 0) is 4.74 Å². The van der Waals surface area contributed by atoms with Crippen molar-refractivity contribution < 1.29 is 14.1 Å². The van der Waals surface area contributed by atoms with Crippen molar-refractivity contribution in [2.24, 2.45) is 0 Å². The number of aromatic nitrogens is 4. The largest absolute Gasteiger partial charge is 0.378 e. The molecule has 0 radical (unpaired) electrons. The quantitative estimate of drug-likeness (QED) is 0.755. The van der Waals surface area contributed by atoms with E-state index in [1.165, 1.54) is 0 Å². The lowest BCUT2D eigenvalue weighted by molar-refractivity contribution is 0.101. The summed E-state index contributed by atoms with van der Waals surface area (Å²) in [4.78, 5) is 26.9. The van der Waals surface area contributed by atoms with Crippen molar-refractivity contribution in [3.63, 3.8) is 0 Å². The number of morpholine rings is 1. The topological polar surface area (TPSA) is 106 Å². The molecule has 4 heterocycles. The minimum absolute atomic E-state index is 0.168. The highest BCUT2D eigenvalue weighted by molar-refractivity contribution is 6.03. The fourth-order valence-electron chi connectivity index (χ4n) is 2.53. The molecule has 0 bridgehead atoms. The summed E-state index contributed by atoms with van der Waals surface area (Å²) < 4.78 is 10.5. The fraction of sp³-hybridized carbons (Fsp3) is 0.235. The zero-order valence-electron chi connectivity index (χ0n) is 13.8. The van der Waals surface area contributed by atoms with Crippen LogP contribution in [0.3, 0.4) is 0 Å². The molecule has 0 unspecified atom stereocenters. The van der Waals surface area contributed by atoms with Gasteiger partial charge in [-0.3, -0.25) is 9.78 Å². The first kappa shape index (κ1) is 16.2. The Bertz CT molecular complexity index is 875. The van der Waals surface area contributed by atoms with Crippen molar-refractivity contribution in [2.45, 2.75) is 0 Å². The van der Waals surface area contributed by atoms with E-state index in [9.17, 15) is 4.79 Å². The lowest BCUT2D eigenvalue weighted by Gasteiger charge is -2.26. The molecule has 3 aromatic rings. The molecule has 9 nitrogen and oxygen atoms in total. The average Bonchev–Trinajstić information content (AvgIpc) is 3.20. The normalized spacial score (nSPS) is 14.2. The van der Waals surface area contributed by atoms with Gasteiger partial charge >= 0.3 is 0 Å². The number of ether oxygens (including phenoxy) is 1.